The zero-order valence-corrected chi connectivity index (χ0v) is 13.0. The molecule has 4 heteroatoms. The molecule has 3 nitrogen and oxygen atoms in total. The Balaban J connectivity index is 1.83. The number of halogens is 1. The van der Waals surface area contributed by atoms with Crippen molar-refractivity contribution in [2.45, 2.75) is 12.8 Å². The van der Waals surface area contributed by atoms with E-state index in [9.17, 15) is 4.79 Å². The lowest BCUT2D eigenvalue weighted by Crippen LogP contribution is -2.30. The quantitative estimate of drug-likeness (QED) is 0.795. The number of ketones is 1. The van der Waals surface area contributed by atoms with Gasteiger partial charge in [-0.25, -0.2) is 0 Å². The van der Waals surface area contributed by atoms with E-state index < -0.39 is 0 Å². The predicted octanol–water partition coefficient (Wildman–Crippen LogP) is 2.66. The second-order valence-corrected chi connectivity index (χ2v) is 6.10. The highest BCUT2D eigenvalue weighted by Gasteiger charge is 2.14. The number of hydrogen-bond donors (Lipinski definition) is 0. The molecule has 0 N–H and O–H groups in total. The van der Waals surface area contributed by atoms with Gasteiger partial charge in [-0.1, -0.05) is 28.1 Å². The van der Waals surface area contributed by atoms with Gasteiger partial charge >= 0.3 is 0 Å². The first kappa shape index (κ1) is 14.7. The number of benzene rings is 1. The van der Waals surface area contributed by atoms with Crippen LogP contribution in [0.1, 0.15) is 23.2 Å². The van der Waals surface area contributed by atoms with Crippen LogP contribution in [-0.4, -0.2) is 55.4 Å². The molecule has 1 aromatic rings. The minimum absolute atomic E-state index is 0.235. The Morgan fingerprint density at radius 2 is 2.11 bits per heavy atom. The average Bonchev–Trinajstić information content (AvgIpc) is 2.61. The molecule has 1 fully saturated rings. The zero-order chi connectivity index (χ0) is 13.7. The van der Waals surface area contributed by atoms with E-state index in [0.29, 0.717) is 6.42 Å². The van der Waals surface area contributed by atoms with Gasteiger partial charge in [0.05, 0.1) is 0 Å². The Hall–Kier alpha value is -0.710. The first-order valence-electron chi connectivity index (χ1n) is 6.85. The number of likely N-dealkylation sites (N-methyl/N-ethyl adjacent to an activating group) is 1. The normalized spacial score (nSPS) is 18.2. The number of Topliss-reactive ketones (excluding diaryl/α,β-unsaturated/α-hetero) is 1. The van der Waals surface area contributed by atoms with E-state index in [-0.39, 0.29) is 5.78 Å². The number of hydrogen-bond acceptors (Lipinski definition) is 3. The Morgan fingerprint density at radius 3 is 2.89 bits per heavy atom. The molecule has 0 aromatic heterocycles. The van der Waals surface area contributed by atoms with Gasteiger partial charge in [-0.15, -0.1) is 0 Å². The molecule has 2 rings (SSSR count). The predicted molar refractivity (Wildman–Crippen MR) is 81.6 cm³/mol. The molecule has 0 spiro atoms. The van der Waals surface area contributed by atoms with Gasteiger partial charge < -0.3 is 9.80 Å². The van der Waals surface area contributed by atoms with Gasteiger partial charge in [0.25, 0.3) is 0 Å². The maximum absolute atomic E-state index is 12.1. The molecule has 1 saturated heterocycles. The lowest BCUT2D eigenvalue weighted by Gasteiger charge is -2.19. The summed E-state index contributed by atoms with van der Waals surface area (Å²) >= 11 is 3.41. The first-order chi connectivity index (χ1) is 9.15. The highest BCUT2D eigenvalue weighted by molar-refractivity contribution is 9.10. The number of carbonyl (C=O) groups is 1. The topological polar surface area (TPSA) is 23.6 Å². The highest BCUT2D eigenvalue weighted by Crippen LogP contribution is 2.13. The van der Waals surface area contributed by atoms with E-state index in [4.69, 9.17) is 0 Å². The molecule has 0 bridgehead atoms. The van der Waals surface area contributed by atoms with Gasteiger partial charge in [0.2, 0.25) is 0 Å². The third-order valence-corrected chi connectivity index (χ3v) is 4.11. The lowest BCUT2D eigenvalue weighted by atomic mass is 10.1. The third kappa shape index (κ3) is 4.71. The summed E-state index contributed by atoms with van der Waals surface area (Å²) in [6.45, 7) is 5.32. The molecule has 0 saturated carbocycles. The Labute approximate surface area is 123 Å². The van der Waals surface area contributed by atoms with Crippen molar-refractivity contribution in [3.05, 3.63) is 34.3 Å². The molecule has 0 amide bonds. The van der Waals surface area contributed by atoms with Gasteiger partial charge in [-0.2, -0.15) is 0 Å². The van der Waals surface area contributed by atoms with Crippen molar-refractivity contribution in [3.63, 3.8) is 0 Å². The summed E-state index contributed by atoms with van der Waals surface area (Å²) in [5, 5.41) is 0. The summed E-state index contributed by atoms with van der Waals surface area (Å²) in [5.41, 5.74) is 0.807. The van der Waals surface area contributed by atoms with Crippen molar-refractivity contribution in [1.29, 1.82) is 0 Å². The van der Waals surface area contributed by atoms with E-state index in [1.807, 2.05) is 24.3 Å². The summed E-state index contributed by atoms with van der Waals surface area (Å²) < 4.78 is 0.967. The zero-order valence-electron chi connectivity index (χ0n) is 11.4. The number of rotatable bonds is 4. The van der Waals surface area contributed by atoms with Gasteiger partial charge in [0.15, 0.2) is 5.78 Å². The largest absolute Gasteiger partial charge is 0.305 e. The maximum Gasteiger partial charge on any atom is 0.164 e. The molecule has 0 atom stereocenters. The van der Waals surface area contributed by atoms with Crippen LogP contribution in [0.25, 0.3) is 0 Å². The standard InChI is InChI=1S/C15H21BrN2O/c1-17-7-3-8-18(11-10-17)9-6-15(19)13-4-2-5-14(16)12-13/h2,4-5,12H,3,6-11H2,1H3. The minimum atomic E-state index is 0.235. The Kier molecular flexibility index (Phi) is 5.55. The van der Waals surface area contributed by atoms with E-state index >= 15 is 0 Å². The number of nitrogens with zero attached hydrogens (tertiary/aromatic N) is 2. The van der Waals surface area contributed by atoms with Crippen LogP contribution in [0.3, 0.4) is 0 Å². The van der Waals surface area contributed by atoms with E-state index in [2.05, 4.69) is 32.8 Å². The van der Waals surface area contributed by atoms with Crippen molar-refractivity contribution in [3.8, 4) is 0 Å². The van der Waals surface area contributed by atoms with Crippen molar-refractivity contribution >= 4 is 21.7 Å². The molecule has 19 heavy (non-hydrogen) atoms. The summed E-state index contributed by atoms with van der Waals surface area (Å²) in [7, 11) is 2.16. The van der Waals surface area contributed by atoms with Crippen LogP contribution in [0.15, 0.2) is 28.7 Å². The van der Waals surface area contributed by atoms with Crippen LogP contribution in [0.5, 0.6) is 0 Å². The molecule has 104 valence electrons. The molecule has 0 aliphatic carbocycles. The van der Waals surface area contributed by atoms with Gasteiger partial charge in [0.1, 0.15) is 0 Å². The van der Waals surface area contributed by atoms with Crippen LogP contribution in [0.2, 0.25) is 0 Å². The fourth-order valence-corrected chi connectivity index (χ4v) is 2.79. The van der Waals surface area contributed by atoms with Crippen LogP contribution in [0.4, 0.5) is 0 Å². The maximum atomic E-state index is 12.1. The van der Waals surface area contributed by atoms with Crippen LogP contribution < -0.4 is 0 Å². The summed E-state index contributed by atoms with van der Waals surface area (Å²) in [5.74, 6) is 0.235. The Morgan fingerprint density at radius 1 is 1.26 bits per heavy atom. The number of carbonyl (C=O) groups excluding carboxylic acids is 1. The fraction of sp³-hybridized carbons (Fsp3) is 0.533. The minimum Gasteiger partial charge on any atom is -0.305 e. The first-order valence-corrected chi connectivity index (χ1v) is 7.64. The average molecular weight is 325 g/mol. The molecule has 1 aromatic carbocycles. The van der Waals surface area contributed by atoms with Crippen molar-refractivity contribution in [1.82, 2.24) is 9.80 Å². The van der Waals surface area contributed by atoms with Crippen molar-refractivity contribution in [2.24, 2.45) is 0 Å². The molecular formula is C15H21BrN2O. The summed E-state index contributed by atoms with van der Waals surface area (Å²) in [6.07, 6.45) is 1.81. The van der Waals surface area contributed by atoms with E-state index in [0.717, 1.165) is 42.8 Å². The summed E-state index contributed by atoms with van der Waals surface area (Å²) in [6, 6.07) is 7.65. The second-order valence-electron chi connectivity index (χ2n) is 5.18. The molecule has 0 unspecified atom stereocenters. The SMILES string of the molecule is CN1CCCN(CCC(=O)c2cccc(Br)c2)CC1. The second kappa shape index (κ2) is 7.17. The fourth-order valence-electron chi connectivity index (χ4n) is 2.39. The van der Waals surface area contributed by atoms with Crippen LogP contribution >= 0.6 is 15.9 Å². The molecule has 0 radical (unpaired) electrons. The molecule has 1 aliphatic rings. The van der Waals surface area contributed by atoms with Crippen molar-refractivity contribution < 1.29 is 4.79 Å². The van der Waals surface area contributed by atoms with Gasteiger partial charge in [-0.05, 0) is 38.7 Å². The van der Waals surface area contributed by atoms with E-state index in [1.54, 1.807) is 0 Å². The van der Waals surface area contributed by atoms with Crippen molar-refractivity contribution in [2.75, 3.05) is 39.8 Å². The van der Waals surface area contributed by atoms with Gasteiger partial charge in [-0.3, -0.25) is 4.79 Å². The third-order valence-electron chi connectivity index (χ3n) is 3.61. The lowest BCUT2D eigenvalue weighted by molar-refractivity contribution is 0.0965. The Bertz CT molecular complexity index is 436. The monoisotopic (exact) mass is 324 g/mol. The van der Waals surface area contributed by atoms with Crippen LogP contribution in [0, 0.1) is 0 Å². The summed E-state index contributed by atoms with van der Waals surface area (Å²) in [4.78, 5) is 16.9. The van der Waals surface area contributed by atoms with Gasteiger partial charge in [0, 0.05) is 36.1 Å². The smallest absolute Gasteiger partial charge is 0.164 e. The molecule has 1 heterocycles. The molecular weight excluding hydrogens is 304 g/mol. The molecule has 1 aliphatic heterocycles. The highest BCUT2D eigenvalue weighted by atomic mass is 79.9. The van der Waals surface area contributed by atoms with Crippen LogP contribution in [-0.2, 0) is 0 Å². The van der Waals surface area contributed by atoms with E-state index in [1.165, 1.54) is 6.42 Å².